The van der Waals surface area contributed by atoms with E-state index in [0.29, 0.717) is 53.6 Å². The van der Waals surface area contributed by atoms with E-state index in [9.17, 15) is 19.5 Å². The number of benzene rings is 4. The van der Waals surface area contributed by atoms with Crippen LogP contribution in [0.4, 0.5) is 11.4 Å². The van der Waals surface area contributed by atoms with Gasteiger partial charge in [-0.05, 0) is 61.4 Å². The standard InChI is InChI=1S/C36H36N2O6/c1-3-12-34(39)38(32-17-9-10-18-33(32)43-2)23-11-24-44-28-21-19-26(20-22-28)25-31(36(41)42)37-30-16-8-7-15-29(30)35(40)27-13-5-4-6-14-27/h3-10,12-22,31,37H,11,23-25H2,1-2H3,(H,41,42)/b12-3+/t31-/m0/s1. The van der Waals surface area contributed by atoms with E-state index in [-0.39, 0.29) is 18.1 Å². The number of amides is 1. The summed E-state index contributed by atoms with van der Waals surface area (Å²) in [7, 11) is 1.57. The molecule has 0 saturated heterocycles. The normalized spacial score (nSPS) is 11.5. The van der Waals surface area contributed by atoms with Gasteiger partial charge in [0.15, 0.2) is 5.78 Å². The number of hydrogen-bond donors (Lipinski definition) is 2. The molecule has 1 atom stereocenters. The Hall–Kier alpha value is -5.37. The molecule has 8 heteroatoms. The van der Waals surface area contributed by atoms with Crippen LogP contribution in [0.25, 0.3) is 0 Å². The molecular weight excluding hydrogens is 556 g/mol. The molecule has 0 spiro atoms. The fraction of sp³-hybridized carbons (Fsp3) is 0.194. The van der Waals surface area contributed by atoms with E-state index < -0.39 is 12.0 Å². The molecule has 44 heavy (non-hydrogen) atoms. The summed E-state index contributed by atoms with van der Waals surface area (Å²) in [6, 6.07) is 29.5. The van der Waals surface area contributed by atoms with Gasteiger partial charge in [-0.25, -0.2) is 4.79 Å². The number of ketones is 1. The van der Waals surface area contributed by atoms with Crippen LogP contribution in [-0.4, -0.2) is 49.1 Å². The maximum absolute atomic E-state index is 13.1. The van der Waals surface area contributed by atoms with Gasteiger partial charge in [0.1, 0.15) is 17.5 Å². The van der Waals surface area contributed by atoms with Gasteiger partial charge >= 0.3 is 5.97 Å². The Morgan fingerprint density at radius 3 is 2.27 bits per heavy atom. The Morgan fingerprint density at radius 2 is 1.57 bits per heavy atom. The Bertz CT molecular complexity index is 1580. The SMILES string of the molecule is C/C=C/C(=O)N(CCCOc1ccc(C[C@H](Nc2ccccc2C(=O)c2ccccc2)C(=O)O)cc1)c1ccccc1OC. The van der Waals surface area contributed by atoms with E-state index in [1.807, 2.05) is 42.5 Å². The third-order valence-corrected chi connectivity index (χ3v) is 6.94. The molecule has 0 aliphatic heterocycles. The lowest BCUT2D eigenvalue weighted by Gasteiger charge is -2.23. The molecule has 0 aromatic heterocycles. The van der Waals surface area contributed by atoms with Crippen molar-refractivity contribution >= 4 is 29.0 Å². The molecule has 2 N–H and O–H groups in total. The highest BCUT2D eigenvalue weighted by molar-refractivity contribution is 6.12. The molecule has 4 aromatic carbocycles. The highest BCUT2D eigenvalue weighted by Gasteiger charge is 2.22. The van der Waals surface area contributed by atoms with Crippen LogP contribution >= 0.6 is 0 Å². The minimum Gasteiger partial charge on any atom is -0.495 e. The van der Waals surface area contributed by atoms with Crippen LogP contribution in [0.3, 0.4) is 0 Å². The predicted molar refractivity (Wildman–Crippen MR) is 172 cm³/mol. The average Bonchev–Trinajstić information content (AvgIpc) is 3.05. The molecule has 0 aliphatic rings. The number of allylic oxidation sites excluding steroid dienone is 1. The van der Waals surface area contributed by atoms with Gasteiger partial charge in [0.2, 0.25) is 0 Å². The van der Waals surface area contributed by atoms with E-state index >= 15 is 0 Å². The number of hydrogen-bond acceptors (Lipinski definition) is 6. The summed E-state index contributed by atoms with van der Waals surface area (Å²) < 4.78 is 11.4. The second-order valence-electron chi connectivity index (χ2n) is 9.99. The fourth-order valence-corrected chi connectivity index (χ4v) is 4.74. The van der Waals surface area contributed by atoms with Gasteiger partial charge in [-0.3, -0.25) is 9.59 Å². The zero-order valence-electron chi connectivity index (χ0n) is 24.8. The molecule has 4 aromatic rings. The first-order valence-corrected chi connectivity index (χ1v) is 14.4. The van der Waals surface area contributed by atoms with E-state index in [2.05, 4.69) is 5.32 Å². The Labute approximate surface area is 257 Å². The molecule has 0 unspecified atom stereocenters. The number of anilines is 2. The van der Waals surface area contributed by atoms with Crippen LogP contribution in [0, 0.1) is 0 Å². The molecule has 0 aliphatic carbocycles. The van der Waals surface area contributed by atoms with Crippen molar-refractivity contribution < 1.29 is 29.0 Å². The minimum absolute atomic E-state index is 0.144. The molecular formula is C36H36N2O6. The van der Waals surface area contributed by atoms with Crippen molar-refractivity contribution in [2.45, 2.75) is 25.8 Å². The summed E-state index contributed by atoms with van der Waals surface area (Å²) in [6.07, 6.45) is 4.00. The Morgan fingerprint density at radius 1 is 0.886 bits per heavy atom. The topological polar surface area (TPSA) is 105 Å². The quantitative estimate of drug-likeness (QED) is 0.0933. The summed E-state index contributed by atoms with van der Waals surface area (Å²) in [4.78, 5) is 39.7. The summed E-state index contributed by atoms with van der Waals surface area (Å²) in [5.41, 5.74) is 2.88. The average molecular weight is 593 g/mol. The first-order chi connectivity index (χ1) is 21.4. The van der Waals surface area contributed by atoms with Crippen molar-refractivity contribution in [2.75, 3.05) is 30.5 Å². The maximum atomic E-state index is 13.1. The second kappa shape index (κ2) is 15.7. The monoisotopic (exact) mass is 592 g/mol. The summed E-state index contributed by atoms with van der Waals surface area (Å²) >= 11 is 0. The number of aliphatic carboxylic acids is 1. The van der Waals surface area contributed by atoms with Crippen molar-refractivity contribution in [1.29, 1.82) is 0 Å². The molecule has 0 saturated carbocycles. The number of nitrogens with one attached hydrogen (secondary N) is 1. The lowest BCUT2D eigenvalue weighted by molar-refractivity contribution is -0.137. The molecule has 0 radical (unpaired) electrons. The molecule has 226 valence electrons. The number of rotatable bonds is 15. The number of methoxy groups -OCH3 is 1. The first-order valence-electron chi connectivity index (χ1n) is 14.4. The van der Waals surface area contributed by atoms with E-state index in [1.54, 1.807) is 85.7 Å². The zero-order valence-corrected chi connectivity index (χ0v) is 24.8. The summed E-state index contributed by atoms with van der Waals surface area (Å²) in [5.74, 6) is -0.107. The van der Waals surface area contributed by atoms with Gasteiger partial charge < -0.3 is 24.8 Å². The molecule has 8 nitrogen and oxygen atoms in total. The number of para-hydroxylation sites is 3. The third-order valence-electron chi connectivity index (χ3n) is 6.94. The van der Waals surface area contributed by atoms with E-state index in [1.165, 1.54) is 6.08 Å². The second-order valence-corrected chi connectivity index (χ2v) is 9.99. The lowest BCUT2D eigenvalue weighted by atomic mass is 10.00. The van der Waals surface area contributed by atoms with Gasteiger partial charge in [0.25, 0.3) is 5.91 Å². The first kappa shape index (κ1) is 31.6. The lowest BCUT2D eigenvalue weighted by Crippen LogP contribution is -2.32. The van der Waals surface area contributed by atoms with Gasteiger partial charge in [-0.1, -0.05) is 72.8 Å². The number of carbonyl (C=O) groups excluding carboxylic acids is 2. The largest absolute Gasteiger partial charge is 0.495 e. The molecule has 1 amide bonds. The minimum atomic E-state index is -1.03. The number of carboxylic acid groups (broad SMARTS) is 1. The van der Waals surface area contributed by atoms with Gasteiger partial charge in [0.05, 0.1) is 19.4 Å². The Balaban J connectivity index is 1.36. The molecule has 4 rings (SSSR count). The van der Waals surface area contributed by atoms with Gasteiger partial charge in [-0.2, -0.15) is 0 Å². The van der Waals surface area contributed by atoms with Crippen molar-refractivity contribution in [3.05, 3.63) is 132 Å². The van der Waals surface area contributed by atoms with Crippen LogP contribution in [0.15, 0.2) is 115 Å². The number of carboxylic acids is 1. The van der Waals surface area contributed by atoms with E-state index in [0.717, 1.165) is 5.56 Å². The van der Waals surface area contributed by atoms with Crippen molar-refractivity contribution in [1.82, 2.24) is 0 Å². The zero-order chi connectivity index (χ0) is 31.3. The highest BCUT2D eigenvalue weighted by Crippen LogP contribution is 2.28. The van der Waals surface area contributed by atoms with Crippen LogP contribution in [0.1, 0.15) is 34.8 Å². The smallest absolute Gasteiger partial charge is 0.326 e. The number of ether oxygens (including phenoxy) is 2. The van der Waals surface area contributed by atoms with Crippen LogP contribution in [-0.2, 0) is 16.0 Å². The summed E-state index contributed by atoms with van der Waals surface area (Å²) in [6.45, 7) is 2.60. The fourth-order valence-electron chi connectivity index (χ4n) is 4.74. The highest BCUT2D eigenvalue weighted by atomic mass is 16.5. The number of nitrogens with zero attached hydrogens (tertiary/aromatic N) is 1. The Kier molecular flexibility index (Phi) is 11.3. The van der Waals surface area contributed by atoms with Crippen LogP contribution < -0.4 is 19.7 Å². The molecule has 0 heterocycles. The van der Waals surface area contributed by atoms with Gasteiger partial charge in [0, 0.05) is 29.8 Å². The van der Waals surface area contributed by atoms with Crippen LogP contribution in [0.5, 0.6) is 11.5 Å². The number of carbonyl (C=O) groups is 3. The molecule has 0 fully saturated rings. The maximum Gasteiger partial charge on any atom is 0.326 e. The van der Waals surface area contributed by atoms with Gasteiger partial charge in [-0.15, -0.1) is 0 Å². The van der Waals surface area contributed by atoms with E-state index in [4.69, 9.17) is 9.47 Å². The van der Waals surface area contributed by atoms with Crippen molar-refractivity contribution in [2.24, 2.45) is 0 Å². The van der Waals surface area contributed by atoms with Crippen molar-refractivity contribution in [3.63, 3.8) is 0 Å². The molecule has 0 bridgehead atoms. The summed E-state index contributed by atoms with van der Waals surface area (Å²) in [5, 5.41) is 13.0. The predicted octanol–water partition coefficient (Wildman–Crippen LogP) is 6.41. The van der Waals surface area contributed by atoms with Crippen LogP contribution in [0.2, 0.25) is 0 Å². The van der Waals surface area contributed by atoms with Crippen molar-refractivity contribution in [3.8, 4) is 11.5 Å². The third kappa shape index (κ3) is 8.35.